The van der Waals surface area contributed by atoms with E-state index in [0.717, 1.165) is 16.7 Å². The lowest BCUT2D eigenvalue weighted by Crippen LogP contribution is -1.86. The Morgan fingerprint density at radius 1 is 1.36 bits per heavy atom. The van der Waals surface area contributed by atoms with Gasteiger partial charge < -0.3 is 5.11 Å². The normalized spacial score (nSPS) is 10.1. The summed E-state index contributed by atoms with van der Waals surface area (Å²) in [4.78, 5) is 0. The van der Waals surface area contributed by atoms with E-state index in [-0.39, 0.29) is 0 Å². The number of hydrogen-bond acceptors (Lipinski definition) is 1. The van der Waals surface area contributed by atoms with E-state index >= 15 is 0 Å². The van der Waals surface area contributed by atoms with E-state index in [4.69, 9.17) is 11.6 Å². The Hall–Kier alpha value is -0.690. The standard InChI is InChI=1S/C9H11ClO/c1-6-3-8(5-10)7(2)9(11)4-6/h3-4,11H,5H2,1-2H3. The zero-order valence-electron chi connectivity index (χ0n) is 6.69. The van der Waals surface area contributed by atoms with Crippen LogP contribution in [0.25, 0.3) is 0 Å². The second kappa shape index (κ2) is 3.14. The lowest BCUT2D eigenvalue weighted by Gasteiger charge is -2.05. The Labute approximate surface area is 71.6 Å². The first-order valence-electron chi connectivity index (χ1n) is 3.50. The molecular weight excluding hydrogens is 160 g/mol. The molecule has 0 saturated heterocycles. The monoisotopic (exact) mass is 170 g/mol. The molecule has 0 fully saturated rings. The second-order valence-electron chi connectivity index (χ2n) is 2.70. The third-order valence-corrected chi connectivity index (χ3v) is 2.06. The molecule has 1 aromatic rings. The molecule has 1 aromatic carbocycles. The van der Waals surface area contributed by atoms with Crippen molar-refractivity contribution in [3.05, 3.63) is 28.8 Å². The molecule has 0 radical (unpaired) electrons. The molecule has 1 N–H and O–H groups in total. The van der Waals surface area contributed by atoms with Gasteiger partial charge in [0, 0.05) is 5.88 Å². The van der Waals surface area contributed by atoms with Gasteiger partial charge in [-0.15, -0.1) is 11.6 Å². The number of phenols is 1. The van der Waals surface area contributed by atoms with Crippen molar-refractivity contribution in [2.75, 3.05) is 0 Å². The summed E-state index contributed by atoms with van der Waals surface area (Å²) in [5, 5.41) is 9.35. The summed E-state index contributed by atoms with van der Waals surface area (Å²) in [6.07, 6.45) is 0. The number of halogens is 1. The summed E-state index contributed by atoms with van der Waals surface area (Å²) in [6, 6.07) is 3.73. The molecule has 0 bridgehead atoms. The van der Waals surface area contributed by atoms with Crippen molar-refractivity contribution >= 4 is 11.6 Å². The minimum Gasteiger partial charge on any atom is -0.508 e. The molecule has 2 heteroatoms. The minimum atomic E-state index is 0.334. The third-order valence-electron chi connectivity index (χ3n) is 1.78. The van der Waals surface area contributed by atoms with Crippen LogP contribution in [0, 0.1) is 13.8 Å². The maximum atomic E-state index is 9.35. The number of phenolic OH excluding ortho intramolecular Hbond substituents is 1. The fourth-order valence-corrected chi connectivity index (χ4v) is 1.33. The fourth-order valence-electron chi connectivity index (χ4n) is 1.05. The van der Waals surface area contributed by atoms with Crippen LogP contribution >= 0.6 is 11.6 Å². The van der Waals surface area contributed by atoms with Crippen molar-refractivity contribution in [3.8, 4) is 5.75 Å². The van der Waals surface area contributed by atoms with Crippen LogP contribution in [-0.4, -0.2) is 5.11 Å². The summed E-state index contributed by atoms with van der Waals surface area (Å²) in [6.45, 7) is 3.81. The maximum absolute atomic E-state index is 9.35. The largest absolute Gasteiger partial charge is 0.508 e. The lowest BCUT2D eigenvalue weighted by molar-refractivity contribution is 0.470. The summed E-state index contributed by atoms with van der Waals surface area (Å²) in [5.74, 6) is 0.793. The first-order valence-corrected chi connectivity index (χ1v) is 4.03. The summed E-state index contributed by atoms with van der Waals surface area (Å²) < 4.78 is 0. The van der Waals surface area contributed by atoms with Crippen LogP contribution in [0.5, 0.6) is 5.75 Å². The molecule has 0 unspecified atom stereocenters. The van der Waals surface area contributed by atoms with Crippen molar-refractivity contribution in [2.45, 2.75) is 19.7 Å². The summed E-state index contributed by atoms with van der Waals surface area (Å²) in [5.41, 5.74) is 2.93. The van der Waals surface area contributed by atoms with Crippen molar-refractivity contribution < 1.29 is 5.11 Å². The Bertz CT molecular complexity index is 269. The van der Waals surface area contributed by atoms with Crippen LogP contribution in [0.4, 0.5) is 0 Å². The van der Waals surface area contributed by atoms with Gasteiger partial charge in [0.25, 0.3) is 0 Å². The topological polar surface area (TPSA) is 20.2 Å². The third kappa shape index (κ3) is 1.66. The Morgan fingerprint density at radius 2 is 2.00 bits per heavy atom. The average Bonchev–Trinajstić information content (AvgIpc) is 1.96. The molecule has 0 atom stereocenters. The Morgan fingerprint density at radius 3 is 2.55 bits per heavy atom. The van der Waals surface area contributed by atoms with Gasteiger partial charge in [-0.2, -0.15) is 0 Å². The number of aromatic hydroxyl groups is 1. The summed E-state index contributed by atoms with van der Waals surface area (Å²) in [7, 11) is 0. The van der Waals surface area contributed by atoms with Crippen LogP contribution in [0.3, 0.4) is 0 Å². The predicted octanol–water partition coefficient (Wildman–Crippen LogP) is 2.75. The molecule has 11 heavy (non-hydrogen) atoms. The molecule has 0 aromatic heterocycles. The predicted molar refractivity (Wildman–Crippen MR) is 47.1 cm³/mol. The number of hydrogen-bond donors (Lipinski definition) is 1. The Kier molecular flexibility index (Phi) is 2.40. The van der Waals surface area contributed by atoms with Crippen molar-refractivity contribution in [1.29, 1.82) is 0 Å². The molecular formula is C9H11ClO. The highest BCUT2D eigenvalue weighted by Crippen LogP contribution is 2.23. The highest BCUT2D eigenvalue weighted by molar-refractivity contribution is 6.17. The molecule has 0 heterocycles. The second-order valence-corrected chi connectivity index (χ2v) is 2.97. The van der Waals surface area contributed by atoms with Gasteiger partial charge >= 0.3 is 0 Å². The fraction of sp³-hybridized carbons (Fsp3) is 0.333. The molecule has 0 aliphatic heterocycles. The van der Waals surface area contributed by atoms with Crippen molar-refractivity contribution in [1.82, 2.24) is 0 Å². The zero-order chi connectivity index (χ0) is 8.43. The van der Waals surface area contributed by atoms with Crippen LogP contribution in [0.2, 0.25) is 0 Å². The van der Waals surface area contributed by atoms with Gasteiger partial charge in [-0.05, 0) is 36.6 Å². The van der Waals surface area contributed by atoms with E-state index < -0.39 is 0 Å². The van der Waals surface area contributed by atoms with E-state index in [9.17, 15) is 5.11 Å². The van der Waals surface area contributed by atoms with Crippen molar-refractivity contribution in [2.24, 2.45) is 0 Å². The van der Waals surface area contributed by atoms with Crippen LogP contribution in [0.1, 0.15) is 16.7 Å². The molecule has 1 rings (SSSR count). The van der Waals surface area contributed by atoms with Crippen LogP contribution < -0.4 is 0 Å². The van der Waals surface area contributed by atoms with E-state index in [1.807, 2.05) is 19.9 Å². The van der Waals surface area contributed by atoms with Gasteiger partial charge in [-0.1, -0.05) is 6.07 Å². The first-order chi connectivity index (χ1) is 5.15. The number of aryl methyl sites for hydroxylation is 1. The van der Waals surface area contributed by atoms with Gasteiger partial charge in [0.05, 0.1) is 0 Å². The van der Waals surface area contributed by atoms with E-state index in [2.05, 4.69) is 0 Å². The van der Waals surface area contributed by atoms with E-state index in [1.165, 1.54) is 0 Å². The smallest absolute Gasteiger partial charge is 0.119 e. The van der Waals surface area contributed by atoms with Gasteiger partial charge in [0.2, 0.25) is 0 Å². The quantitative estimate of drug-likeness (QED) is 0.643. The van der Waals surface area contributed by atoms with E-state index in [1.54, 1.807) is 6.07 Å². The molecule has 0 saturated carbocycles. The SMILES string of the molecule is Cc1cc(O)c(C)c(CCl)c1. The van der Waals surface area contributed by atoms with E-state index in [0.29, 0.717) is 11.6 Å². The minimum absolute atomic E-state index is 0.334. The zero-order valence-corrected chi connectivity index (χ0v) is 7.44. The molecule has 0 amide bonds. The molecule has 0 aliphatic carbocycles. The molecule has 1 nitrogen and oxygen atoms in total. The highest BCUT2D eigenvalue weighted by atomic mass is 35.5. The molecule has 60 valence electrons. The van der Waals surface area contributed by atoms with Gasteiger partial charge in [-0.3, -0.25) is 0 Å². The Balaban J connectivity index is 3.24. The van der Waals surface area contributed by atoms with Crippen LogP contribution in [0.15, 0.2) is 12.1 Å². The number of benzene rings is 1. The first kappa shape index (κ1) is 8.41. The molecule has 0 spiro atoms. The number of alkyl halides is 1. The van der Waals surface area contributed by atoms with Gasteiger partial charge in [0.15, 0.2) is 0 Å². The van der Waals surface area contributed by atoms with Gasteiger partial charge in [0.1, 0.15) is 5.75 Å². The maximum Gasteiger partial charge on any atom is 0.119 e. The van der Waals surface area contributed by atoms with Crippen LogP contribution in [-0.2, 0) is 5.88 Å². The highest BCUT2D eigenvalue weighted by Gasteiger charge is 2.02. The summed E-state index contributed by atoms with van der Waals surface area (Å²) >= 11 is 5.67. The lowest BCUT2D eigenvalue weighted by atomic mass is 10.1. The average molecular weight is 171 g/mol. The van der Waals surface area contributed by atoms with Crippen molar-refractivity contribution in [3.63, 3.8) is 0 Å². The molecule has 0 aliphatic rings. The number of rotatable bonds is 1. The van der Waals surface area contributed by atoms with Gasteiger partial charge in [-0.25, -0.2) is 0 Å².